The van der Waals surface area contributed by atoms with Crippen LogP contribution in [0.15, 0.2) is 6.07 Å². The van der Waals surface area contributed by atoms with Crippen LogP contribution in [0.2, 0.25) is 0 Å². The van der Waals surface area contributed by atoms with Crippen LogP contribution in [0.1, 0.15) is 5.69 Å². The number of aromatic nitrogens is 2. The van der Waals surface area contributed by atoms with Crippen molar-refractivity contribution in [2.75, 3.05) is 0 Å². The van der Waals surface area contributed by atoms with E-state index in [0.29, 0.717) is 0 Å². The van der Waals surface area contributed by atoms with E-state index in [1.165, 1.54) is 5.69 Å². The molecule has 0 N–H and O–H groups in total. The van der Waals surface area contributed by atoms with Gasteiger partial charge >= 0.3 is 0 Å². The second-order valence-corrected chi connectivity index (χ2v) is 2.59. The largest absolute Gasteiger partial charge is 0.292 e. The molecule has 1 rings (SSSR count). The van der Waals surface area contributed by atoms with Crippen molar-refractivity contribution in [3.63, 3.8) is 0 Å². The molecule has 50 valence electrons. The summed E-state index contributed by atoms with van der Waals surface area (Å²) in [5.41, 5.74) is 1.20. The fraction of sp³-hybridized carbons (Fsp3) is 0.500. The molecule has 0 atom stereocenters. The molecule has 0 aromatic carbocycles. The number of hydrogen-bond acceptors (Lipinski definition) is 1. The molecule has 2 nitrogen and oxygen atoms in total. The third kappa shape index (κ3) is 0.920. The fourth-order valence-electron chi connectivity index (χ4n) is 0.750. The first kappa shape index (κ1) is 6.55. The first-order chi connectivity index (χ1) is 4.13. The van der Waals surface area contributed by atoms with Crippen molar-refractivity contribution < 1.29 is 0 Å². The van der Waals surface area contributed by atoms with E-state index < -0.39 is 0 Å². The Kier molecular flexibility index (Phi) is 1.45. The molecule has 0 spiro atoms. The molecule has 0 amide bonds. The molecule has 0 fully saturated rings. The summed E-state index contributed by atoms with van der Waals surface area (Å²) in [5.74, 6) is 0. The Labute approximate surface area is 59.7 Å². The molecule has 9 heavy (non-hydrogen) atoms. The third-order valence-corrected chi connectivity index (χ3v) is 1.99. The maximum absolute atomic E-state index is 5.00. The molecule has 1 heterocycles. The standard InChI is InChI=1S/C6H10N2S/c1-5-4-6(9)8(3)7(5)2/h4H,1-3H3. The van der Waals surface area contributed by atoms with E-state index >= 15 is 0 Å². The van der Waals surface area contributed by atoms with Gasteiger partial charge in [-0.25, -0.2) is 0 Å². The van der Waals surface area contributed by atoms with Gasteiger partial charge in [-0.15, -0.1) is 0 Å². The quantitative estimate of drug-likeness (QED) is 0.498. The van der Waals surface area contributed by atoms with Crippen LogP contribution in [0.5, 0.6) is 0 Å². The Bertz CT molecular complexity index is 269. The summed E-state index contributed by atoms with van der Waals surface area (Å²) in [4.78, 5) is 0. The Hall–Kier alpha value is -0.570. The summed E-state index contributed by atoms with van der Waals surface area (Å²) >= 11 is 5.00. The molecular weight excluding hydrogens is 132 g/mol. The van der Waals surface area contributed by atoms with Crippen LogP contribution in [0.3, 0.4) is 0 Å². The van der Waals surface area contributed by atoms with E-state index in [2.05, 4.69) is 0 Å². The zero-order valence-corrected chi connectivity index (χ0v) is 6.70. The van der Waals surface area contributed by atoms with Gasteiger partial charge < -0.3 is 0 Å². The number of nitrogens with zero attached hydrogens (tertiary/aromatic N) is 2. The maximum Gasteiger partial charge on any atom is 0.122 e. The third-order valence-electron chi connectivity index (χ3n) is 1.61. The van der Waals surface area contributed by atoms with Gasteiger partial charge in [-0.2, -0.15) is 0 Å². The lowest BCUT2D eigenvalue weighted by atomic mass is 10.5. The van der Waals surface area contributed by atoms with Crippen LogP contribution in [-0.2, 0) is 14.1 Å². The van der Waals surface area contributed by atoms with Crippen LogP contribution in [0, 0.1) is 11.6 Å². The molecule has 0 aliphatic carbocycles. The van der Waals surface area contributed by atoms with Crippen molar-refractivity contribution in [1.29, 1.82) is 0 Å². The molecule has 0 aliphatic heterocycles. The van der Waals surface area contributed by atoms with Crippen molar-refractivity contribution in [2.45, 2.75) is 6.92 Å². The molecule has 1 aromatic rings. The highest BCUT2D eigenvalue weighted by molar-refractivity contribution is 7.71. The molecule has 3 heteroatoms. The van der Waals surface area contributed by atoms with Crippen molar-refractivity contribution >= 4 is 12.2 Å². The predicted octanol–water partition coefficient (Wildman–Crippen LogP) is 1.40. The lowest BCUT2D eigenvalue weighted by Crippen LogP contribution is -2.04. The van der Waals surface area contributed by atoms with E-state index in [-0.39, 0.29) is 0 Å². The molecule has 0 unspecified atom stereocenters. The minimum Gasteiger partial charge on any atom is -0.292 e. The van der Waals surface area contributed by atoms with Gasteiger partial charge in [0.2, 0.25) is 0 Å². The van der Waals surface area contributed by atoms with Crippen molar-refractivity contribution in [3.05, 3.63) is 16.4 Å². The molecule has 1 aromatic heterocycles. The summed E-state index contributed by atoms with van der Waals surface area (Å²) in [6.07, 6.45) is 0. The van der Waals surface area contributed by atoms with E-state index in [9.17, 15) is 0 Å². The molecule has 0 bridgehead atoms. The minimum atomic E-state index is 0.884. The van der Waals surface area contributed by atoms with Crippen LogP contribution >= 0.6 is 12.2 Å². The maximum atomic E-state index is 5.00. The van der Waals surface area contributed by atoms with Crippen molar-refractivity contribution in [1.82, 2.24) is 9.36 Å². The summed E-state index contributed by atoms with van der Waals surface area (Å²) in [7, 11) is 3.94. The van der Waals surface area contributed by atoms with Crippen molar-refractivity contribution in [3.8, 4) is 0 Å². The van der Waals surface area contributed by atoms with Crippen molar-refractivity contribution in [2.24, 2.45) is 14.1 Å². The molecule has 0 aliphatic rings. The molecule has 0 radical (unpaired) electrons. The summed E-state index contributed by atoms with van der Waals surface area (Å²) in [6, 6.07) is 1.98. The van der Waals surface area contributed by atoms with E-state index in [1.807, 2.05) is 36.4 Å². The van der Waals surface area contributed by atoms with Gasteiger partial charge in [0, 0.05) is 19.8 Å². The zero-order valence-electron chi connectivity index (χ0n) is 5.88. The van der Waals surface area contributed by atoms with Gasteiger partial charge in [-0.05, 0) is 13.0 Å². The summed E-state index contributed by atoms with van der Waals surface area (Å²) < 4.78 is 4.84. The average Bonchev–Trinajstić information content (AvgIpc) is 1.98. The van der Waals surface area contributed by atoms with E-state index in [4.69, 9.17) is 12.2 Å². The lowest BCUT2D eigenvalue weighted by Gasteiger charge is -2.00. The highest BCUT2D eigenvalue weighted by atomic mass is 32.1. The van der Waals surface area contributed by atoms with Gasteiger partial charge in [0.05, 0.1) is 0 Å². The number of rotatable bonds is 0. The molecular formula is C6H10N2S. The molecule has 0 saturated heterocycles. The molecule has 0 saturated carbocycles. The van der Waals surface area contributed by atoms with E-state index in [1.54, 1.807) is 0 Å². The van der Waals surface area contributed by atoms with Gasteiger partial charge in [-0.1, -0.05) is 12.2 Å². The predicted molar refractivity (Wildman–Crippen MR) is 40.0 cm³/mol. The van der Waals surface area contributed by atoms with Gasteiger partial charge in [0.25, 0.3) is 0 Å². The van der Waals surface area contributed by atoms with E-state index in [0.717, 1.165) is 4.64 Å². The second-order valence-electron chi connectivity index (χ2n) is 2.17. The minimum absolute atomic E-state index is 0.884. The van der Waals surface area contributed by atoms with Crippen LogP contribution in [0.25, 0.3) is 0 Å². The first-order valence-corrected chi connectivity index (χ1v) is 3.23. The van der Waals surface area contributed by atoms with Crippen LogP contribution < -0.4 is 0 Å². The smallest absolute Gasteiger partial charge is 0.122 e. The number of aryl methyl sites for hydroxylation is 1. The highest BCUT2D eigenvalue weighted by Crippen LogP contribution is 1.98. The zero-order chi connectivity index (χ0) is 7.02. The highest BCUT2D eigenvalue weighted by Gasteiger charge is 1.93. The van der Waals surface area contributed by atoms with Gasteiger partial charge in [-0.3, -0.25) is 9.36 Å². The summed E-state index contributed by atoms with van der Waals surface area (Å²) in [6.45, 7) is 2.04. The monoisotopic (exact) mass is 142 g/mol. The average molecular weight is 142 g/mol. The van der Waals surface area contributed by atoms with Crippen LogP contribution in [0.4, 0.5) is 0 Å². The Morgan fingerprint density at radius 3 is 2.00 bits per heavy atom. The Morgan fingerprint density at radius 2 is 1.89 bits per heavy atom. The van der Waals surface area contributed by atoms with Gasteiger partial charge in [0.1, 0.15) is 4.64 Å². The first-order valence-electron chi connectivity index (χ1n) is 2.82. The van der Waals surface area contributed by atoms with Gasteiger partial charge in [0.15, 0.2) is 0 Å². The Morgan fingerprint density at radius 1 is 1.33 bits per heavy atom. The second kappa shape index (κ2) is 1.99. The SMILES string of the molecule is Cc1cc(=S)n(C)n1C. The van der Waals surface area contributed by atoms with Crippen LogP contribution in [-0.4, -0.2) is 9.36 Å². The summed E-state index contributed by atoms with van der Waals surface area (Å²) in [5, 5.41) is 0. The topological polar surface area (TPSA) is 9.86 Å². The fourth-order valence-corrected chi connectivity index (χ4v) is 1.04. The number of hydrogen-bond donors (Lipinski definition) is 0. The lowest BCUT2D eigenvalue weighted by molar-refractivity contribution is 0.575. The normalized spacial score (nSPS) is 10.1. The Balaban J connectivity index is 3.47.